The number of aliphatic carboxylic acids is 1. The van der Waals surface area contributed by atoms with E-state index in [0.717, 1.165) is 18.4 Å². The van der Waals surface area contributed by atoms with Gasteiger partial charge in [-0.1, -0.05) is 30.3 Å². The fraction of sp³-hybridized carbons (Fsp3) is 0.333. The molecule has 1 amide bonds. The number of hydrogen-bond acceptors (Lipinski definition) is 4. The van der Waals surface area contributed by atoms with Crippen LogP contribution in [0, 0.1) is 0 Å². The van der Waals surface area contributed by atoms with Crippen molar-refractivity contribution >= 4 is 11.9 Å². The van der Waals surface area contributed by atoms with Gasteiger partial charge in [0, 0.05) is 18.8 Å². The molecule has 1 heterocycles. The second kappa shape index (κ2) is 8.34. The number of carbonyl (C=O) groups is 2. The number of halogens is 3. The largest absolute Gasteiger partial charge is 0.490 e. The molecule has 9 heteroatoms. The van der Waals surface area contributed by atoms with Gasteiger partial charge in [0.25, 0.3) is 5.91 Å². The lowest BCUT2D eigenvalue weighted by Crippen LogP contribution is -2.54. The van der Waals surface area contributed by atoms with Crippen LogP contribution in [0.4, 0.5) is 13.2 Å². The Labute approximate surface area is 136 Å². The Bertz CT molecular complexity index is 603. The number of carboxylic acid groups (broad SMARTS) is 1. The van der Waals surface area contributed by atoms with E-state index in [1.54, 1.807) is 0 Å². The van der Waals surface area contributed by atoms with Gasteiger partial charge in [0.05, 0.1) is 0 Å². The van der Waals surface area contributed by atoms with E-state index in [1.165, 1.54) is 5.56 Å². The van der Waals surface area contributed by atoms with Crippen LogP contribution in [0.15, 0.2) is 42.1 Å². The number of benzene rings is 1. The van der Waals surface area contributed by atoms with Crippen molar-refractivity contribution < 1.29 is 27.9 Å². The summed E-state index contributed by atoms with van der Waals surface area (Å²) < 4.78 is 31.7. The highest BCUT2D eigenvalue weighted by Crippen LogP contribution is 2.14. The third kappa shape index (κ3) is 6.29. The molecule has 0 radical (unpaired) electrons. The van der Waals surface area contributed by atoms with Crippen LogP contribution in [0.25, 0.3) is 0 Å². The number of carboxylic acids is 1. The number of rotatable bonds is 3. The van der Waals surface area contributed by atoms with Crippen molar-refractivity contribution in [2.75, 3.05) is 7.05 Å². The minimum Gasteiger partial charge on any atom is -0.475 e. The highest BCUT2D eigenvalue weighted by Gasteiger charge is 2.38. The van der Waals surface area contributed by atoms with Crippen LogP contribution in [-0.4, -0.2) is 41.4 Å². The van der Waals surface area contributed by atoms with E-state index in [1.807, 2.05) is 36.3 Å². The molecule has 0 aromatic heterocycles. The van der Waals surface area contributed by atoms with Crippen molar-refractivity contribution in [2.45, 2.75) is 25.3 Å². The molecule has 0 bridgehead atoms. The maximum Gasteiger partial charge on any atom is 0.490 e. The van der Waals surface area contributed by atoms with Gasteiger partial charge in [-0.3, -0.25) is 10.5 Å². The summed E-state index contributed by atoms with van der Waals surface area (Å²) in [5.74, 6) is -2.82. The van der Waals surface area contributed by atoms with Crippen molar-refractivity contribution in [1.82, 2.24) is 10.2 Å². The number of hydrogen-bond donors (Lipinski definition) is 3. The van der Waals surface area contributed by atoms with E-state index in [9.17, 15) is 18.0 Å². The van der Waals surface area contributed by atoms with Crippen LogP contribution in [-0.2, 0) is 16.0 Å². The zero-order chi connectivity index (χ0) is 18.3. The fourth-order valence-electron chi connectivity index (χ4n) is 1.82. The summed E-state index contributed by atoms with van der Waals surface area (Å²) in [5.41, 5.74) is 7.70. The monoisotopic (exact) mass is 345 g/mol. The molecule has 1 unspecified atom stereocenters. The fourth-order valence-corrected chi connectivity index (χ4v) is 1.82. The molecule has 1 aromatic carbocycles. The molecule has 0 fully saturated rings. The Morgan fingerprint density at radius 1 is 1.29 bits per heavy atom. The summed E-state index contributed by atoms with van der Waals surface area (Å²) in [4.78, 5) is 22.4. The standard InChI is InChI=1S/C13H17N3O.C2HF3O2/c1-16-9-11(12(17)15-13(16)14)8-7-10-5-3-2-4-6-10;3-2(4,5)1(6)7/h2-6,9,13H,7-8,14H2,1H3,(H,15,17);(H,6,7). The second-order valence-electron chi connectivity index (χ2n) is 5.03. The predicted molar refractivity (Wildman–Crippen MR) is 80.4 cm³/mol. The molecule has 1 aromatic rings. The molecule has 132 valence electrons. The normalized spacial score (nSPS) is 17.4. The zero-order valence-electron chi connectivity index (χ0n) is 12.9. The van der Waals surface area contributed by atoms with Gasteiger partial charge in [-0.2, -0.15) is 13.2 Å². The maximum atomic E-state index is 11.7. The smallest absolute Gasteiger partial charge is 0.475 e. The lowest BCUT2D eigenvalue weighted by molar-refractivity contribution is -0.192. The van der Waals surface area contributed by atoms with Gasteiger partial charge in [-0.25, -0.2) is 4.79 Å². The lowest BCUT2D eigenvalue weighted by atomic mass is 10.0. The zero-order valence-corrected chi connectivity index (χ0v) is 12.9. The maximum absolute atomic E-state index is 11.7. The highest BCUT2D eigenvalue weighted by atomic mass is 19.4. The van der Waals surface area contributed by atoms with Gasteiger partial charge in [-0.15, -0.1) is 0 Å². The molecule has 1 aliphatic rings. The Hall–Kier alpha value is -2.55. The molecule has 1 aliphatic heterocycles. The highest BCUT2D eigenvalue weighted by molar-refractivity contribution is 5.94. The van der Waals surface area contributed by atoms with Crippen molar-refractivity contribution in [3.63, 3.8) is 0 Å². The first-order chi connectivity index (χ1) is 11.1. The molecule has 24 heavy (non-hydrogen) atoms. The molecule has 0 saturated carbocycles. The molecule has 0 saturated heterocycles. The summed E-state index contributed by atoms with van der Waals surface area (Å²) in [6.45, 7) is 0. The first-order valence-electron chi connectivity index (χ1n) is 6.94. The Morgan fingerprint density at radius 2 is 1.83 bits per heavy atom. The molecule has 2 rings (SSSR count). The van der Waals surface area contributed by atoms with Crippen molar-refractivity contribution in [2.24, 2.45) is 5.73 Å². The Morgan fingerprint density at radius 3 is 2.33 bits per heavy atom. The average molecular weight is 345 g/mol. The summed E-state index contributed by atoms with van der Waals surface area (Å²) in [7, 11) is 1.85. The van der Waals surface area contributed by atoms with Crippen LogP contribution in [0.2, 0.25) is 0 Å². The van der Waals surface area contributed by atoms with E-state index < -0.39 is 18.4 Å². The van der Waals surface area contributed by atoms with Crippen molar-refractivity contribution in [3.05, 3.63) is 47.7 Å². The molecule has 4 N–H and O–H groups in total. The SMILES string of the molecule is CN1C=C(CCc2ccccc2)C(=O)NC1N.O=C(O)C(F)(F)F. The summed E-state index contributed by atoms with van der Waals surface area (Å²) in [6.07, 6.45) is -2.08. The second-order valence-corrected chi connectivity index (χ2v) is 5.03. The Kier molecular flexibility index (Phi) is 6.78. The van der Waals surface area contributed by atoms with Gasteiger partial charge in [0.1, 0.15) is 0 Å². The number of nitrogens with two attached hydrogens (primary N) is 1. The Balaban J connectivity index is 0.000000351. The summed E-state index contributed by atoms with van der Waals surface area (Å²) in [5, 5.41) is 9.84. The van der Waals surface area contributed by atoms with E-state index in [0.29, 0.717) is 0 Å². The molecular formula is C15H18F3N3O3. The van der Waals surface area contributed by atoms with Crippen molar-refractivity contribution in [1.29, 1.82) is 0 Å². The third-order valence-electron chi connectivity index (χ3n) is 3.14. The number of alkyl halides is 3. The van der Waals surface area contributed by atoms with Crippen LogP contribution in [0.3, 0.4) is 0 Å². The number of carbonyl (C=O) groups excluding carboxylic acids is 1. The van der Waals surface area contributed by atoms with Gasteiger partial charge >= 0.3 is 12.1 Å². The number of nitrogens with one attached hydrogen (secondary N) is 1. The minimum absolute atomic E-state index is 0.0634. The van der Waals surface area contributed by atoms with Crippen LogP contribution in [0.5, 0.6) is 0 Å². The number of aryl methyl sites for hydroxylation is 1. The number of amides is 1. The lowest BCUT2D eigenvalue weighted by Gasteiger charge is -2.29. The third-order valence-corrected chi connectivity index (χ3v) is 3.14. The molecular weight excluding hydrogens is 327 g/mol. The van der Waals surface area contributed by atoms with E-state index in [4.69, 9.17) is 15.6 Å². The molecule has 0 spiro atoms. The first-order valence-corrected chi connectivity index (χ1v) is 6.94. The molecule has 0 aliphatic carbocycles. The van der Waals surface area contributed by atoms with E-state index >= 15 is 0 Å². The first kappa shape index (κ1) is 19.5. The number of nitrogens with zero attached hydrogens (tertiary/aromatic N) is 1. The van der Waals surface area contributed by atoms with Gasteiger partial charge in [0.15, 0.2) is 6.29 Å². The summed E-state index contributed by atoms with van der Waals surface area (Å²) in [6, 6.07) is 10.1. The summed E-state index contributed by atoms with van der Waals surface area (Å²) >= 11 is 0. The molecule has 6 nitrogen and oxygen atoms in total. The predicted octanol–water partition coefficient (Wildman–Crippen LogP) is 1.44. The minimum atomic E-state index is -5.08. The average Bonchev–Trinajstić information content (AvgIpc) is 2.50. The van der Waals surface area contributed by atoms with Gasteiger partial charge in [-0.05, 0) is 18.4 Å². The van der Waals surface area contributed by atoms with E-state index in [2.05, 4.69) is 17.4 Å². The van der Waals surface area contributed by atoms with Gasteiger partial charge < -0.3 is 15.3 Å². The van der Waals surface area contributed by atoms with E-state index in [-0.39, 0.29) is 5.91 Å². The van der Waals surface area contributed by atoms with Crippen LogP contribution >= 0.6 is 0 Å². The van der Waals surface area contributed by atoms with Gasteiger partial charge in [0.2, 0.25) is 0 Å². The topological polar surface area (TPSA) is 95.7 Å². The van der Waals surface area contributed by atoms with Crippen molar-refractivity contribution in [3.8, 4) is 0 Å². The van der Waals surface area contributed by atoms with Crippen LogP contribution < -0.4 is 11.1 Å². The van der Waals surface area contributed by atoms with Crippen LogP contribution in [0.1, 0.15) is 12.0 Å². The quantitative estimate of drug-likeness (QED) is 0.770. The molecule has 1 atom stereocenters.